The minimum atomic E-state index is -0.639. The van der Waals surface area contributed by atoms with Crippen LogP contribution in [-0.4, -0.2) is 23.7 Å². The first-order chi connectivity index (χ1) is 6.74. The molecule has 80 valence electrons. The van der Waals surface area contributed by atoms with Crippen LogP contribution in [0.4, 0.5) is 0 Å². The van der Waals surface area contributed by atoms with E-state index in [2.05, 4.69) is 11.9 Å². The smallest absolute Gasteiger partial charge is 0.306 e. The molecule has 0 aromatic rings. The van der Waals surface area contributed by atoms with Gasteiger partial charge in [0.1, 0.15) is 0 Å². The van der Waals surface area contributed by atoms with Crippen molar-refractivity contribution in [1.82, 2.24) is 5.32 Å². The fourth-order valence-corrected chi connectivity index (χ4v) is 1.99. The van der Waals surface area contributed by atoms with E-state index < -0.39 is 5.97 Å². The molecule has 2 unspecified atom stereocenters. The van der Waals surface area contributed by atoms with E-state index in [0.717, 1.165) is 38.6 Å². The fraction of sp³-hybridized carbons (Fsp3) is 0.727. The van der Waals surface area contributed by atoms with Crippen LogP contribution in [-0.2, 0) is 4.79 Å². The topological polar surface area (TPSA) is 49.3 Å². The van der Waals surface area contributed by atoms with E-state index in [9.17, 15) is 4.79 Å². The van der Waals surface area contributed by atoms with Crippen molar-refractivity contribution in [3.8, 4) is 0 Å². The van der Waals surface area contributed by atoms with Gasteiger partial charge in [-0.25, -0.2) is 0 Å². The van der Waals surface area contributed by atoms with Gasteiger partial charge in [-0.15, -0.1) is 6.58 Å². The molecule has 3 nitrogen and oxygen atoms in total. The largest absolute Gasteiger partial charge is 0.481 e. The van der Waals surface area contributed by atoms with Crippen molar-refractivity contribution in [3.05, 3.63) is 12.7 Å². The van der Waals surface area contributed by atoms with Crippen molar-refractivity contribution in [1.29, 1.82) is 0 Å². The molecule has 0 spiro atoms. The number of carboxylic acids is 1. The van der Waals surface area contributed by atoms with Gasteiger partial charge in [-0.05, 0) is 32.2 Å². The molecule has 2 N–H and O–H groups in total. The summed E-state index contributed by atoms with van der Waals surface area (Å²) in [7, 11) is 0. The summed E-state index contributed by atoms with van der Waals surface area (Å²) in [6, 6.07) is 0.393. The Morgan fingerprint density at radius 2 is 2.36 bits per heavy atom. The summed E-state index contributed by atoms with van der Waals surface area (Å²) in [5.74, 6) is -0.773. The number of carbonyl (C=O) groups is 1. The Hall–Kier alpha value is -0.830. The van der Waals surface area contributed by atoms with Crippen molar-refractivity contribution in [2.75, 3.05) is 6.54 Å². The van der Waals surface area contributed by atoms with Gasteiger partial charge in [0.25, 0.3) is 0 Å². The van der Waals surface area contributed by atoms with Crippen molar-refractivity contribution in [2.24, 2.45) is 5.92 Å². The van der Waals surface area contributed by atoms with Gasteiger partial charge in [-0.3, -0.25) is 4.79 Å². The van der Waals surface area contributed by atoms with Crippen molar-refractivity contribution in [3.63, 3.8) is 0 Å². The maximum absolute atomic E-state index is 10.8. The van der Waals surface area contributed by atoms with Crippen LogP contribution in [0.25, 0.3) is 0 Å². The van der Waals surface area contributed by atoms with Crippen LogP contribution in [0, 0.1) is 5.92 Å². The third-order valence-electron chi connectivity index (χ3n) is 2.80. The highest BCUT2D eigenvalue weighted by Gasteiger charge is 2.26. The molecule has 1 aliphatic carbocycles. The molecule has 2 atom stereocenters. The minimum Gasteiger partial charge on any atom is -0.481 e. The molecule has 1 aliphatic rings. The van der Waals surface area contributed by atoms with E-state index >= 15 is 0 Å². The Bertz CT molecular complexity index is 203. The van der Waals surface area contributed by atoms with E-state index in [1.807, 2.05) is 6.08 Å². The molecule has 1 fully saturated rings. The monoisotopic (exact) mass is 197 g/mol. The highest BCUT2D eigenvalue weighted by molar-refractivity contribution is 5.70. The van der Waals surface area contributed by atoms with Crippen molar-refractivity contribution < 1.29 is 9.90 Å². The molecule has 3 heteroatoms. The molecule has 1 rings (SSSR count). The summed E-state index contributed by atoms with van der Waals surface area (Å²) in [4.78, 5) is 10.8. The maximum atomic E-state index is 10.8. The van der Waals surface area contributed by atoms with Gasteiger partial charge in [0.05, 0.1) is 5.92 Å². The third kappa shape index (κ3) is 3.50. The van der Waals surface area contributed by atoms with Gasteiger partial charge in [0.15, 0.2) is 0 Å². The third-order valence-corrected chi connectivity index (χ3v) is 2.80. The van der Waals surface area contributed by atoms with Gasteiger partial charge < -0.3 is 10.4 Å². The quantitative estimate of drug-likeness (QED) is 0.522. The Balaban J connectivity index is 2.25. The first-order valence-electron chi connectivity index (χ1n) is 5.31. The molecule has 0 saturated heterocycles. The summed E-state index contributed by atoms with van der Waals surface area (Å²) in [6.07, 6.45) is 6.60. The first-order valence-corrected chi connectivity index (χ1v) is 5.31. The maximum Gasteiger partial charge on any atom is 0.306 e. The van der Waals surface area contributed by atoms with E-state index in [0.29, 0.717) is 6.04 Å². The second kappa shape index (κ2) is 5.81. The molecule has 1 saturated carbocycles. The van der Waals surface area contributed by atoms with Crippen LogP contribution >= 0.6 is 0 Å². The van der Waals surface area contributed by atoms with Crippen LogP contribution in [0.5, 0.6) is 0 Å². The van der Waals surface area contributed by atoms with Crippen molar-refractivity contribution in [2.45, 2.75) is 38.1 Å². The SMILES string of the molecule is C=CCCNC1CCCC(C(=O)O)C1. The summed E-state index contributed by atoms with van der Waals surface area (Å²) in [5, 5.41) is 12.3. The zero-order valence-corrected chi connectivity index (χ0v) is 8.54. The average Bonchev–Trinajstić information content (AvgIpc) is 2.19. The number of carboxylic acid groups (broad SMARTS) is 1. The summed E-state index contributed by atoms with van der Waals surface area (Å²) < 4.78 is 0. The first kappa shape index (κ1) is 11.2. The molecule has 14 heavy (non-hydrogen) atoms. The van der Waals surface area contributed by atoms with E-state index in [1.54, 1.807) is 0 Å². The normalized spacial score (nSPS) is 27.1. The van der Waals surface area contributed by atoms with E-state index in [4.69, 9.17) is 5.11 Å². The summed E-state index contributed by atoms with van der Waals surface area (Å²) in [6.45, 7) is 4.57. The summed E-state index contributed by atoms with van der Waals surface area (Å²) >= 11 is 0. The highest BCUT2D eigenvalue weighted by Crippen LogP contribution is 2.24. The fourth-order valence-electron chi connectivity index (χ4n) is 1.99. The number of rotatable bonds is 5. The lowest BCUT2D eigenvalue weighted by Crippen LogP contribution is -2.36. The Labute approximate surface area is 85.2 Å². The van der Waals surface area contributed by atoms with Gasteiger partial charge in [-0.1, -0.05) is 12.5 Å². The lowest BCUT2D eigenvalue weighted by Gasteiger charge is -2.27. The molecular weight excluding hydrogens is 178 g/mol. The predicted octanol–water partition coefficient (Wildman–Crippen LogP) is 1.80. The standard InChI is InChI=1S/C11H19NO2/c1-2-3-7-12-10-6-4-5-9(8-10)11(13)14/h2,9-10,12H,1,3-8H2,(H,13,14). The average molecular weight is 197 g/mol. The highest BCUT2D eigenvalue weighted by atomic mass is 16.4. The number of hydrogen-bond donors (Lipinski definition) is 2. The number of hydrogen-bond acceptors (Lipinski definition) is 2. The van der Waals surface area contributed by atoms with Gasteiger partial charge in [-0.2, -0.15) is 0 Å². The Morgan fingerprint density at radius 1 is 1.57 bits per heavy atom. The molecule has 0 radical (unpaired) electrons. The van der Waals surface area contributed by atoms with Crippen LogP contribution in [0.1, 0.15) is 32.1 Å². The summed E-state index contributed by atoms with van der Waals surface area (Å²) in [5.41, 5.74) is 0. The molecule has 0 amide bonds. The second-order valence-electron chi connectivity index (χ2n) is 3.93. The number of nitrogens with one attached hydrogen (secondary N) is 1. The minimum absolute atomic E-state index is 0.134. The Kier molecular flexibility index (Phi) is 4.66. The van der Waals surface area contributed by atoms with Crippen molar-refractivity contribution >= 4 is 5.97 Å². The van der Waals surface area contributed by atoms with Crippen LogP contribution in [0.2, 0.25) is 0 Å². The van der Waals surface area contributed by atoms with Gasteiger partial charge in [0.2, 0.25) is 0 Å². The lowest BCUT2D eigenvalue weighted by molar-refractivity contribution is -0.143. The Morgan fingerprint density at radius 3 is 3.00 bits per heavy atom. The molecular formula is C11H19NO2. The lowest BCUT2D eigenvalue weighted by atomic mass is 9.86. The second-order valence-corrected chi connectivity index (χ2v) is 3.93. The molecule has 0 bridgehead atoms. The zero-order chi connectivity index (χ0) is 10.4. The van der Waals surface area contributed by atoms with Crippen LogP contribution in [0.3, 0.4) is 0 Å². The molecule has 0 heterocycles. The van der Waals surface area contributed by atoms with Gasteiger partial charge >= 0.3 is 5.97 Å². The predicted molar refractivity (Wildman–Crippen MR) is 56.2 cm³/mol. The molecule has 0 aromatic carbocycles. The van der Waals surface area contributed by atoms with Gasteiger partial charge in [0, 0.05) is 6.04 Å². The van der Waals surface area contributed by atoms with E-state index in [1.165, 1.54) is 0 Å². The molecule has 0 aliphatic heterocycles. The van der Waals surface area contributed by atoms with Crippen LogP contribution < -0.4 is 5.32 Å². The zero-order valence-electron chi connectivity index (χ0n) is 8.54. The molecule has 0 aromatic heterocycles. The number of aliphatic carboxylic acids is 1. The van der Waals surface area contributed by atoms with Crippen LogP contribution in [0.15, 0.2) is 12.7 Å². The van der Waals surface area contributed by atoms with E-state index in [-0.39, 0.29) is 5.92 Å².